The molecule has 2 heterocycles. The first-order chi connectivity index (χ1) is 11.3. The van der Waals surface area contributed by atoms with E-state index in [2.05, 4.69) is 0 Å². The predicted octanol–water partition coefficient (Wildman–Crippen LogP) is 5.07. The summed E-state index contributed by atoms with van der Waals surface area (Å²) in [6.07, 6.45) is 1.53. The van der Waals surface area contributed by atoms with Crippen LogP contribution in [0.25, 0.3) is 5.57 Å². The second-order valence-corrected chi connectivity index (χ2v) is 7.01. The van der Waals surface area contributed by atoms with Crippen molar-refractivity contribution in [3.63, 3.8) is 0 Å². The molecule has 0 saturated heterocycles. The number of nitrogens with zero attached hydrogens (tertiary/aromatic N) is 1. The van der Waals surface area contributed by atoms with Crippen molar-refractivity contribution < 1.29 is 13.9 Å². The second-order valence-electron chi connectivity index (χ2n) is 6.13. The quantitative estimate of drug-likeness (QED) is 0.762. The molecule has 1 aromatic carbocycles. The lowest BCUT2D eigenvalue weighted by Crippen LogP contribution is -2.49. The predicted molar refractivity (Wildman–Crippen MR) is 93.6 cm³/mol. The molecular weight excluding hydrogens is 349 g/mol. The van der Waals surface area contributed by atoms with Crippen LogP contribution >= 0.6 is 23.2 Å². The van der Waals surface area contributed by atoms with E-state index in [0.717, 1.165) is 5.56 Å². The van der Waals surface area contributed by atoms with E-state index < -0.39 is 5.54 Å². The summed E-state index contributed by atoms with van der Waals surface area (Å²) in [7, 11) is 0. The van der Waals surface area contributed by atoms with E-state index in [1.54, 1.807) is 42.2 Å². The molecule has 0 aliphatic carbocycles. The van der Waals surface area contributed by atoms with Gasteiger partial charge in [-0.05, 0) is 56.7 Å². The summed E-state index contributed by atoms with van der Waals surface area (Å²) in [4.78, 5) is 14.7. The Kier molecular flexibility index (Phi) is 4.37. The van der Waals surface area contributed by atoms with Gasteiger partial charge in [0.15, 0.2) is 6.73 Å². The van der Waals surface area contributed by atoms with E-state index in [4.69, 9.17) is 32.4 Å². The molecule has 0 N–H and O–H groups in total. The van der Waals surface area contributed by atoms with Crippen molar-refractivity contribution in [2.45, 2.75) is 26.3 Å². The van der Waals surface area contributed by atoms with Gasteiger partial charge in [0.2, 0.25) is 0 Å². The number of halogens is 2. The van der Waals surface area contributed by atoms with Crippen molar-refractivity contribution in [1.82, 2.24) is 4.90 Å². The molecule has 24 heavy (non-hydrogen) atoms. The van der Waals surface area contributed by atoms with Gasteiger partial charge in [0.25, 0.3) is 5.91 Å². The number of allylic oxidation sites excluding steroid dienone is 1. The molecule has 0 saturated carbocycles. The number of hydrogen-bond donors (Lipinski definition) is 0. The SMILES string of the molecule is CC1=C(c2ccco2)C(=O)N(C(C)(C)c2cc(Cl)cc(Cl)c2)CO1. The first-order valence-electron chi connectivity index (χ1n) is 7.47. The van der Waals surface area contributed by atoms with Gasteiger partial charge in [0.1, 0.15) is 17.1 Å². The zero-order valence-electron chi connectivity index (χ0n) is 13.6. The lowest BCUT2D eigenvalue weighted by atomic mass is 9.91. The number of furan rings is 1. The molecule has 0 fully saturated rings. The smallest absolute Gasteiger partial charge is 0.264 e. The molecule has 0 unspecified atom stereocenters. The fourth-order valence-corrected chi connectivity index (χ4v) is 3.28. The molecule has 4 nitrogen and oxygen atoms in total. The number of hydrogen-bond acceptors (Lipinski definition) is 3. The minimum absolute atomic E-state index is 0.145. The molecule has 0 atom stereocenters. The van der Waals surface area contributed by atoms with Gasteiger partial charge in [-0.1, -0.05) is 23.2 Å². The van der Waals surface area contributed by atoms with Gasteiger partial charge in [0, 0.05) is 10.0 Å². The van der Waals surface area contributed by atoms with Crippen LogP contribution < -0.4 is 0 Å². The summed E-state index contributed by atoms with van der Waals surface area (Å²) < 4.78 is 11.1. The first-order valence-corrected chi connectivity index (χ1v) is 8.22. The van der Waals surface area contributed by atoms with E-state index in [9.17, 15) is 4.79 Å². The zero-order chi connectivity index (χ0) is 17.5. The van der Waals surface area contributed by atoms with Crippen LogP contribution in [0.3, 0.4) is 0 Å². The Labute approximate surface area is 150 Å². The normalized spacial score (nSPS) is 15.7. The third kappa shape index (κ3) is 2.92. The van der Waals surface area contributed by atoms with Crippen molar-refractivity contribution in [1.29, 1.82) is 0 Å². The fraction of sp³-hybridized carbons (Fsp3) is 0.278. The van der Waals surface area contributed by atoms with Crippen molar-refractivity contribution in [3.8, 4) is 0 Å². The first kappa shape index (κ1) is 16.9. The topological polar surface area (TPSA) is 42.7 Å². The Morgan fingerprint density at radius 1 is 1.17 bits per heavy atom. The van der Waals surface area contributed by atoms with Crippen LogP contribution in [0, 0.1) is 0 Å². The van der Waals surface area contributed by atoms with Crippen molar-refractivity contribution in [2.75, 3.05) is 6.73 Å². The fourth-order valence-electron chi connectivity index (χ4n) is 2.76. The van der Waals surface area contributed by atoms with Gasteiger partial charge >= 0.3 is 0 Å². The van der Waals surface area contributed by atoms with Gasteiger partial charge in [-0.25, -0.2) is 0 Å². The highest BCUT2D eigenvalue weighted by atomic mass is 35.5. The Bertz CT molecular complexity index is 789. The number of benzene rings is 1. The molecule has 1 aromatic heterocycles. The van der Waals surface area contributed by atoms with Gasteiger partial charge in [-0.3, -0.25) is 9.69 Å². The maximum absolute atomic E-state index is 13.1. The lowest BCUT2D eigenvalue weighted by Gasteiger charge is -2.41. The van der Waals surface area contributed by atoms with E-state index in [-0.39, 0.29) is 12.6 Å². The standard InChI is InChI=1S/C18H17Cl2NO3/c1-11-16(15-5-4-6-23-15)17(22)21(10-24-11)18(2,3)12-7-13(19)9-14(20)8-12/h4-9H,10H2,1-3H3. The lowest BCUT2D eigenvalue weighted by molar-refractivity contribution is -0.139. The van der Waals surface area contributed by atoms with Crippen LogP contribution in [-0.4, -0.2) is 17.5 Å². The summed E-state index contributed by atoms with van der Waals surface area (Å²) in [6.45, 7) is 5.76. The van der Waals surface area contributed by atoms with Crippen molar-refractivity contribution >= 4 is 34.7 Å². The Morgan fingerprint density at radius 3 is 2.42 bits per heavy atom. The third-order valence-corrected chi connectivity index (χ3v) is 4.67. The summed E-state index contributed by atoms with van der Waals surface area (Å²) >= 11 is 12.2. The number of carbonyl (C=O) groups excluding carboxylic acids is 1. The number of amides is 1. The zero-order valence-corrected chi connectivity index (χ0v) is 15.1. The van der Waals surface area contributed by atoms with Crippen LogP contribution in [0.2, 0.25) is 10.0 Å². The second kappa shape index (κ2) is 6.19. The maximum atomic E-state index is 13.1. The summed E-state index contributed by atoms with van der Waals surface area (Å²) in [5.41, 5.74) is 0.590. The molecule has 2 aromatic rings. The highest BCUT2D eigenvalue weighted by molar-refractivity contribution is 6.34. The van der Waals surface area contributed by atoms with E-state index in [1.807, 2.05) is 13.8 Å². The van der Waals surface area contributed by atoms with Crippen LogP contribution in [0.5, 0.6) is 0 Å². The molecule has 3 rings (SSSR count). The number of carbonyl (C=O) groups is 1. The number of rotatable bonds is 3. The molecule has 1 aliphatic heterocycles. The Balaban J connectivity index is 2.02. The average Bonchev–Trinajstić information content (AvgIpc) is 3.00. The van der Waals surface area contributed by atoms with Gasteiger partial charge in [-0.2, -0.15) is 0 Å². The minimum atomic E-state index is -0.663. The Morgan fingerprint density at radius 2 is 1.83 bits per heavy atom. The van der Waals surface area contributed by atoms with E-state index in [0.29, 0.717) is 27.1 Å². The molecule has 1 amide bonds. The monoisotopic (exact) mass is 365 g/mol. The highest BCUT2D eigenvalue weighted by Crippen LogP contribution is 2.37. The molecule has 126 valence electrons. The minimum Gasteiger partial charge on any atom is -0.477 e. The van der Waals surface area contributed by atoms with Crippen LogP contribution in [0.1, 0.15) is 32.1 Å². The molecule has 0 bridgehead atoms. The number of ether oxygens (including phenoxy) is 1. The van der Waals surface area contributed by atoms with Crippen molar-refractivity contribution in [2.24, 2.45) is 0 Å². The largest absolute Gasteiger partial charge is 0.477 e. The van der Waals surface area contributed by atoms with Gasteiger partial charge in [-0.15, -0.1) is 0 Å². The molecule has 0 radical (unpaired) electrons. The summed E-state index contributed by atoms with van der Waals surface area (Å²) in [6, 6.07) is 8.75. The third-order valence-electron chi connectivity index (χ3n) is 4.23. The van der Waals surface area contributed by atoms with Crippen molar-refractivity contribution in [3.05, 3.63) is 63.7 Å². The van der Waals surface area contributed by atoms with E-state index in [1.165, 1.54) is 6.26 Å². The maximum Gasteiger partial charge on any atom is 0.264 e. The average molecular weight is 366 g/mol. The van der Waals surface area contributed by atoms with E-state index >= 15 is 0 Å². The van der Waals surface area contributed by atoms with Gasteiger partial charge < -0.3 is 9.15 Å². The Hall–Kier alpha value is -1.91. The molecular formula is C18H17Cl2NO3. The molecule has 6 heteroatoms. The summed E-state index contributed by atoms with van der Waals surface area (Å²) in [5.74, 6) is 0.878. The van der Waals surface area contributed by atoms with Crippen LogP contribution in [0.15, 0.2) is 46.8 Å². The molecule has 1 aliphatic rings. The molecule has 0 spiro atoms. The van der Waals surface area contributed by atoms with Crippen LogP contribution in [-0.2, 0) is 15.1 Å². The highest BCUT2D eigenvalue weighted by Gasteiger charge is 2.39. The summed E-state index contributed by atoms with van der Waals surface area (Å²) in [5, 5.41) is 1.04. The van der Waals surface area contributed by atoms with Gasteiger partial charge in [0.05, 0.1) is 11.8 Å². The van der Waals surface area contributed by atoms with Crippen LogP contribution in [0.4, 0.5) is 0 Å².